The molecule has 0 spiro atoms. The largest absolute Gasteiger partial charge is 0.477 e. The number of rotatable bonds is 53. The van der Waals surface area contributed by atoms with Crippen molar-refractivity contribution in [3.05, 3.63) is 48.6 Å². The molecule has 0 fully saturated rings. The normalized spacial score (nSPS) is 13.1. The van der Waals surface area contributed by atoms with Crippen LogP contribution >= 0.6 is 0 Å². The van der Waals surface area contributed by atoms with E-state index in [0.717, 1.165) is 51.4 Å². The van der Waals surface area contributed by atoms with Gasteiger partial charge in [0, 0.05) is 12.8 Å². The quantitative estimate of drug-likeness (QED) is 0.0211. The minimum Gasteiger partial charge on any atom is -0.477 e. The lowest BCUT2D eigenvalue weighted by molar-refractivity contribution is -0.870. The summed E-state index contributed by atoms with van der Waals surface area (Å²) in [5, 5.41) is 9.70. The van der Waals surface area contributed by atoms with Gasteiger partial charge in [-0.3, -0.25) is 9.59 Å². The van der Waals surface area contributed by atoms with E-state index < -0.39 is 24.3 Å². The van der Waals surface area contributed by atoms with Gasteiger partial charge in [0.2, 0.25) is 0 Å². The van der Waals surface area contributed by atoms with Crippen LogP contribution in [0.5, 0.6) is 0 Å². The van der Waals surface area contributed by atoms with Crippen molar-refractivity contribution in [2.24, 2.45) is 0 Å². The van der Waals surface area contributed by atoms with Gasteiger partial charge < -0.3 is 28.5 Å². The van der Waals surface area contributed by atoms with Crippen molar-refractivity contribution in [2.45, 2.75) is 270 Å². The molecule has 0 rings (SSSR count). The Balaban J connectivity index is 4.26. The second kappa shape index (κ2) is 51.6. The summed E-state index contributed by atoms with van der Waals surface area (Å²) in [6.45, 7) is 4.88. The van der Waals surface area contributed by atoms with Crippen molar-refractivity contribution in [1.82, 2.24) is 0 Å². The van der Waals surface area contributed by atoms with Crippen LogP contribution in [0.1, 0.15) is 258 Å². The van der Waals surface area contributed by atoms with Crippen molar-refractivity contribution in [3.8, 4) is 0 Å². The van der Waals surface area contributed by atoms with Crippen molar-refractivity contribution >= 4 is 17.9 Å². The van der Waals surface area contributed by atoms with E-state index in [-0.39, 0.29) is 32.2 Å². The molecule has 0 aliphatic heterocycles. The third kappa shape index (κ3) is 52.9. The standard InChI is InChI=1S/C60H109NO8/c1-6-8-10-12-14-16-18-20-22-24-26-27-28-29-30-31-33-35-37-39-41-43-45-47-49-51-58(63)69-56(55-68-60(59(64)65)66-53-52-61(3,4)5)54-67-57(62)50-48-46-44-42-40-38-36-34-32-25-23-21-19-17-15-13-11-9-7-2/h18,20-21,23-24,26,28-29,56,60H,6-17,19,22,25,27,30-55H2,1-5H3/p+1/b20-18-,23-21-,26-24-,29-28-. The molecular weight excluding hydrogens is 863 g/mol. The van der Waals surface area contributed by atoms with Crippen molar-refractivity contribution in [2.75, 3.05) is 47.5 Å². The van der Waals surface area contributed by atoms with Gasteiger partial charge in [0.15, 0.2) is 6.10 Å². The molecule has 0 aliphatic rings. The molecule has 0 saturated carbocycles. The highest BCUT2D eigenvalue weighted by Gasteiger charge is 2.25. The first kappa shape index (κ1) is 66.2. The molecule has 0 aliphatic carbocycles. The lowest BCUT2D eigenvalue weighted by atomic mass is 10.0. The Labute approximate surface area is 425 Å². The zero-order valence-electron chi connectivity index (χ0n) is 45.7. The molecule has 9 nitrogen and oxygen atoms in total. The summed E-state index contributed by atoms with van der Waals surface area (Å²) >= 11 is 0. The molecule has 0 aromatic heterocycles. The molecule has 0 bridgehead atoms. The number of ether oxygens (including phenoxy) is 4. The average molecular weight is 974 g/mol. The van der Waals surface area contributed by atoms with Crippen LogP contribution in [0, 0.1) is 0 Å². The Morgan fingerprint density at radius 1 is 0.435 bits per heavy atom. The number of unbranched alkanes of at least 4 members (excludes halogenated alkanes) is 30. The first-order chi connectivity index (χ1) is 33.6. The van der Waals surface area contributed by atoms with Crippen molar-refractivity contribution < 1.29 is 42.9 Å². The number of carboxylic acids is 1. The molecule has 9 heteroatoms. The highest BCUT2D eigenvalue weighted by molar-refractivity contribution is 5.71. The summed E-state index contributed by atoms with van der Waals surface area (Å²) in [5.74, 6) is -2.00. The Morgan fingerprint density at radius 2 is 0.783 bits per heavy atom. The highest BCUT2D eigenvalue weighted by atomic mass is 16.7. The van der Waals surface area contributed by atoms with Crippen LogP contribution in [-0.4, -0.2) is 87.4 Å². The molecule has 0 aromatic carbocycles. The molecule has 0 amide bonds. The Morgan fingerprint density at radius 3 is 1.17 bits per heavy atom. The Hall–Kier alpha value is -2.75. The highest BCUT2D eigenvalue weighted by Crippen LogP contribution is 2.16. The molecule has 69 heavy (non-hydrogen) atoms. The average Bonchev–Trinajstić information content (AvgIpc) is 3.31. The number of aliphatic carboxylic acids is 1. The van der Waals surface area contributed by atoms with Gasteiger partial charge in [-0.2, -0.15) is 0 Å². The van der Waals surface area contributed by atoms with Gasteiger partial charge in [-0.15, -0.1) is 0 Å². The van der Waals surface area contributed by atoms with Gasteiger partial charge in [-0.1, -0.05) is 217 Å². The smallest absolute Gasteiger partial charge is 0.361 e. The summed E-state index contributed by atoms with van der Waals surface area (Å²) in [4.78, 5) is 37.4. The summed E-state index contributed by atoms with van der Waals surface area (Å²) in [6, 6.07) is 0. The van der Waals surface area contributed by atoms with Crippen molar-refractivity contribution in [1.29, 1.82) is 0 Å². The number of quaternary nitrogens is 1. The fourth-order valence-electron chi connectivity index (χ4n) is 8.07. The topological polar surface area (TPSA) is 108 Å². The van der Waals surface area contributed by atoms with Gasteiger partial charge in [0.05, 0.1) is 34.4 Å². The molecule has 2 unspecified atom stereocenters. The van der Waals surface area contributed by atoms with Crippen LogP contribution in [0.25, 0.3) is 0 Å². The number of carboxylic acid groups (broad SMARTS) is 1. The maximum atomic E-state index is 12.9. The predicted octanol–water partition coefficient (Wildman–Crippen LogP) is 16.7. The third-order valence-corrected chi connectivity index (χ3v) is 12.6. The number of likely N-dealkylation sites (N-methyl/N-ethyl adjacent to an activating group) is 1. The summed E-state index contributed by atoms with van der Waals surface area (Å²) < 4.78 is 22.9. The van der Waals surface area contributed by atoms with E-state index in [0.29, 0.717) is 23.9 Å². The minimum atomic E-state index is -1.51. The summed E-state index contributed by atoms with van der Waals surface area (Å²) in [5.41, 5.74) is 0. The fraction of sp³-hybridized carbons (Fsp3) is 0.817. The van der Waals surface area contributed by atoms with Crippen LogP contribution in [0.3, 0.4) is 0 Å². The van der Waals surface area contributed by atoms with E-state index in [1.54, 1.807) is 0 Å². The molecule has 0 saturated heterocycles. The van der Waals surface area contributed by atoms with Crippen LogP contribution in [0.15, 0.2) is 48.6 Å². The first-order valence-corrected chi connectivity index (χ1v) is 28.8. The van der Waals surface area contributed by atoms with Gasteiger partial charge in [0.25, 0.3) is 6.29 Å². The molecule has 1 N–H and O–H groups in total. The van der Waals surface area contributed by atoms with E-state index in [2.05, 4.69) is 62.5 Å². The SMILES string of the molecule is CCCCCCC/C=C\C/C=C\C/C=C\CCCCCCCCCCCCC(=O)OC(COC(=O)CCCCCCCCCCC/C=C\CCCCCCCC)COC(OCC[N+](C)(C)C)C(=O)O. The van der Waals surface area contributed by atoms with Gasteiger partial charge in [0.1, 0.15) is 13.2 Å². The number of allylic oxidation sites excluding steroid dienone is 8. The van der Waals surface area contributed by atoms with Crippen LogP contribution < -0.4 is 0 Å². The van der Waals surface area contributed by atoms with E-state index in [9.17, 15) is 19.5 Å². The number of nitrogens with zero attached hydrogens (tertiary/aromatic N) is 1. The van der Waals surface area contributed by atoms with Crippen LogP contribution in [0.2, 0.25) is 0 Å². The maximum Gasteiger partial charge on any atom is 0.361 e. The summed E-state index contributed by atoms with van der Waals surface area (Å²) in [7, 11) is 5.97. The molecule has 402 valence electrons. The lowest BCUT2D eigenvalue weighted by Crippen LogP contribution is -2.40. The predicted molar refractivity (Wildman–Crippen MR) is 290 cm³/mol. The maximum absolute atomic E-state index is 12.9. The Kier molecular flexibility index (Phi) is 49.5. The zero-order chi connectivity index (χ0) is 50.6. The van der Waals surface area contributed by atoms with Crippen LogP contribution in [-0.2, 0) is 33.3 Å². The first-order valence-electron chi connectivity index (χ1n) is 28.8. The second-order valence-corrected chi connectivity index (χ2v) is 20.6. The molecule has 0 aromatic rings. The monoisotopic (exact) mass is 973 g/mol. The fourth-order valence-corrected chi connectivity index (χ4v) is 8.07. The van der Waals surface area contributed by atoms with Gasteiger partial charge in [-0.05, 0) is 77.0 Å². The molecule has 2 atom stereocenters. The second-order valence-electron chi connectivity index (χ2n) is 20.6. The number of carbonyl (C=O) groups excluding carboxylic acids is 2. The number of hydrogen-bond acceptors (Lipinski definition) is 7. The lowest BCUT2D eigenvalue weighted by Gasteiger charge is -2.25. The van der Waals surface area contributed by atoms with Crippen molar-refractivity contribution in [3.63, 3.8) is 0 Å². The molecule has 0 heterocycles. The van der Waals surface area contributed by atoms with Gasteiger partial charge in [-0.25, -0.2) is 4.79 Å². The van der Waals surface area contributed by atoms with Crippen LogP contribution in [0.4, 0.5) is 0 Å². The zero-order valence-corrected chi connectivity index (χ0v) is 45.7. The molecular formula is C60H110NO8+. The third-order valence-electron chi connectivity index (χ3n) is 12.6. The van der Waals surface area contributed by atoms with Gasteiger partial charge >= 0.3 is 17.9 Å². The van der Waals surface area contributed by atoms with E-state index in [1.807, 2.05) is 21.1 Å². The van der Waals surface area contributed by atoms with E-state index in [4.69, 9.17) is 18.9 Å². The number of hydrogen-bond donors (Lipinski definition) is 1. The minimum absolute atomic E-state index is 0.184. The number of esters is 2. The number of carbonyl (C=O) groups is 3. The Bertz CT molecular complexity index is 1270. The van der Waals surface area contributed by atoms with E-state index >= 15 is 0 Å². The molecule has 0 radical (unpaired) electrons. The van der Waals surface area contributed by atoms with E-state index in [1.165, 1.54) is 173 Å². The summed E-state index contributed by atoms with van der Waals surface area (Å²) in [6.07, 6.45) is 60.3.